The van der Waals surface area contributed by atoms with Crippen molar-refractivity contribution >= 4 is 43.2 Å². The zero-order valence-corrected chi connectivity index (χ0v) is 20.0. The molecule has 0 saturated heterocycles. The molecule has 0 aliphatic heterocycles. The Morgan fingerprint density at radius 1 is 0.818 bits per heavy atom. The molecule has 2 nitrogen and oxygen atoms in total. The predicted molar refractivity (Wildman–Crippen MR) is 143 cm³/mol. The Bertz CT molecular complexity index is 1630. The lowest BCUT2D eigenvalue weighted by Gasteiger charge is -2.18. The normalized spacial score (nSPS) is 12.2. The van der Waals surface area contributed by atoms with E-state index in [-0.39, 0.29) is 5.41 Å². The van der Waals surface area contributed by atoms with E-state index in [1.165, 1.54) is 32.0 Å². The summed E-state index contributed by atoms with van der Waals surface area (Å²) in [5, 5.41) is 6.05. The fraction of sp³-hybridized carbons (Fsp3) is 0.167. The lowest BCUT2D eigenvalue weighted by Crippen LogP contribution is -2.08. The Balaban J connectivity index is 1.60. The van der Waals surface area contributed by atoms with Crippen molar-refractivity contribution in [3.63, 3.8) is 0 Å². The molecule has 162 valence electrons. The first-order chi connectivity index (χ1) is 16.0. The van der Waals surface area contributed by atoms with Gasteiger partial charge >= 0.3 is 0 Å². The molecule has 0 atom stereocenters. The maximum atomic E-state index is 5.14. The van der Waals surface area contributed by atoms with Gasteiger partial charge in [-0.15, -0.1) is 11.3 Å². The van der Waals surface area contributed by atoms with Gasteiger partial charge in [0.25, 0.3) is 0 Å². The third-order valence-corrected chi connectivity index (χ3v) is 7.13. The van der Waals surface area contributed by atoms with E-state index in [1.807, 2.05) is 0 Å². The summed E-state index contributed by atoms with van der Waals surface area (Å²) in [6.45, 7) is 6.89. The first kappa shape index (κ1) is 20.2. The van der Waals surface area contributed by atoms with Gasteiger partial charge in [-0.1, -0.05) is 69.3 Å². The monoisotopic (exact) mass is 446 g/mol. The van der Waals surface area contributed by atoms with Crippen molar-refractivity contribution < 1.29 is 0 Å². The Kier molecular flexibility index (Phi) is 4.63. The highest BCUT2D eigenvalue weighted by Crippen LogP contribution is 2.38. The van der Waals surface area contributed by atoms with Crippen molar-refractivity contribution in [1.29, 1.82) is 0 Å². The highest BCUT2D eigenvalue weighted by Gasteiger charge is 2.19. The minimum atomic E-state index is 0.252. The molecule has 3 heteroatoms. The standard InChI is InChI=1S/C30H26N2S/c1-30(2,3)18-20-12-15-28-24(16-20)25(19-33-28)29-31-26-10-6-7-11-27(26)32(29)23-14-13-21-8-4-5-9-22(21)17-23/h4-17,19H,18H2,1-3H3. The molecule has 2 aromatic heterocycles. The van der Waals surface area contributed by atoms with Crippen LogP contribution in [0.25, 0.3) is 49.0 Å². The van der Waals surface area contributed by atoms with Crippen LogP contribution in [0.4, 0.5) is 0 Å². The first-order valence-corrected chi connectivity index (χ1v) is 12.3. The SMILES string of the molecule is CC(C)(C)Cc1ccc2scc(-c3nc4ccccc4n3-c3ccc4ccccc4c3)c2c1. The molecule has 0 aliphatic rings. The predicted octanol–water partition coefficient (Wildman–Crippen LogP) is 8.65. The number of thiophene rings is 1. The fourth-order valence-electron chi connectivity index (χ4n) is 4.76. The smallest absolute Gasteiger partial charge is 0.147 e. The van der Waals surface area contributed by atoms with Crippen LogP contribution < -0.4 is 0 Å². The molecule has 0 amide bonds. The molecular formula is C30H26N2S. The van der Waals surface area contributed by atoms with E-state index >= 15 is 0 Å². The van der Waals surface area contributed by atoms with Crippen LogP contribution in [0.3, 0.4) is 0 Å². The van der Waals surface area contributed by atoms with E-state index in [9.17, 15) is 0 Å². The number of fused-ring (bicyclic) bond motifs is 3. The second-order valence-electron chi connectivity index (χ2n) is 10.0. The number of rotatable bonds is 3. The Hall–Kier alpha value is -3.43. The molecule has 6 aromatic rings. The van der Waals surface area contributed by atoms with Crippen molar-refractivity contribution in [2.45, 2.75) is 27.2 Å². The number of imidazole rings is 1. The highest BCUT2D eigenvalue weighted by molar-refractivity contribution is 7.17. The molecular weight excluding hydrogens is 420 g/mol. The van der Waals surface area contributed by atoms with Gasteiger partial charge in [0.05, 0.1) is 11.0 Å². The van der Waals surface area contributed by atoms with Crippen LogP contribution in [0.2, 0.25) is 0 Å². The van der Waals surface area contributed by atoms with Crippen molar-refractivity contribution in [3.8, 4) is 17.1 Å². The Morgan fingerprint density at radius 2 is 1.61 bits per heavy atom. The third kappa shape index (κ3) is 3.63. The summed E-state index contributed by atoms with van der Waals surface area (Å²) in [4.78, 5) is 5.14. The zero-order chi connectivity index (χ0) is 22.6. The molecule has 0 aliphatic carbocycles. The molecule has 0 spiro atoms. The number of benzene rings is 4. The molecule has 0 fully saturated rings. The van der Waals surface area contributed by atoms with Crippen molar-refractivity contribution in [3.05, 3.63) is 95.9 Å². The lowest BCUT2D eigenvalue weighted by atomic mass is 9.88. The van der Waals surface area contributed by atoms with Gasteiger partial charge in [0.15, 0.2) is 0 Å². The van der Waals surface area contributed by atoms with E-state index < -0.39 is 0 Å². The van der Waals surface area contributed by atoms with Crippen LogP contribution in [0.15, 0.2) is 90.3 Å². The van der Waals surface area contributed by atoms with Crippen LogP contribution in [0.1, 0.15) is 26.3 Å². The quantitative estimate of drug-likeness (QED) is 0.266. The van der Waals surface area contributed by atoms with Crippen LogP contribution in [0, 0.1) is 5.41 Å². The fourth-order valence-corrected chi connectivity index (χ4v) is 5.68. The zero-order valence-electron chi connectivity index (χ0n) is 19.2. The molecule has 2 heterocycles. The summed E-state index contributed by atoms with van der Waals surface area (Å²) in [5.74, 6) is 1.01. The van der Waals surface area contributed by atoms with E-state index in [0.717, 1.165) is 29.0 Å². The number of hydrogen-bond acceptors (Lipinski definition) is 2. The number of para-hydroxylation sites is 2. The summed E-state index contributed by atoms with van der Waals surface area (Å²) >= 11 is 1.80. The van der Waals surface area contributed by atoms with Crippen molar-refractivity contribution in [2.24, 2.45) is 5.41 Å². The molecule has 4 aromatic carbocycles. The van der Waals surface area contributed by atoms with Crippen molar-refractivity contribution in [1.82, 2.24) is 9.55 Å². The second-order valence-corrected chi connectivity index (χ2v) is 10.9. The average Bonchev–Trinajstić information content (AvgIpc) is 3.38. The summed E-state index contributed by atoms with van der Waals surface area (Å²) in [6.07, 6.45) is 1.05. The van der Waals surface area contributed by atoms with Gasteiger partial charge in [0.1, 0.15) is 5.82 Å². The molecule has 6 rings (SSSR count). The number of nitrogens with zero attached hydrogens (tertiary/aromatic N) is 2. The highest BCUT2D eigenvalue weighted by atomic mass is 32.1. The van der Waals surface area contributed by atoms with Crippen LogP contribution >= 0.6 is 11.3 Å². The summed E-state index contributed by atoms with van der Waals surface area (Å²) < 4.78 is 3.62. The van der Waals surface area contributed by atoms with Crippen LogP contribution in [0.5, 0.6) is 0 Å². The van der Waals surface area contributed by atoms with Gasteiger partial charge < -0.3 is 0 Å². The molecule has 0 bridgehead atoms. The van der Waals surface area contributed by atoms with Gasteiger partial charge in [-0.25, -0.2) is 4.98 Å². The van der Waals surface area contributed by atoms with E-state index in [0.29, 0.717) is 0 Å². The molecule has 33 heavy (non-hydrogen) atoms. The second kappa shape index (κ2) is 7.57. The number of aromatic nitrogens is 2. The first-order valence-electron chi connectivity index (χ1n) is 11.4. The maximum Gasteiger partial charge on any atom is 0.147 e. The summed E-state index contributed by atoms with van der Waals surface area (Å²) in [6, 6.07) is 30.6. The molecule has 0 N–H and O–H groups in total. The lowest BCUT2D eigenvalue weighted by molar-refractivity contribution is 0.411. The Labute approximate surface area is 198 Å². The summed E-state index contributed by atoms with van der Waals surface area (Å²) in [7, 11) is 0. The largest absolute Gasteiger partial charge is 0.292 e. The minimum absolute atomic E-state index is 0.252. The van der Waals surface area contributed by atoms with Crippen LogP contribution in [-0.4, -0.2) is 9.55 Å². The van der Waals surface area contributed by atoms with Gasteiger partial charge in [0, 0.05) is 26.7 Å². The van der Waals surface area contributed by atoms with Gasteiger partial charge in [-0.3, -0.25) is 4.57 Å². The van der Waals surface area contributed by atoms with Crippen molar-refractivity contribution in [2.75, 3.05) is 0 Å². The topological polar surface area (TPSA) is 17.8 Å². The Morgan fingerprint density at radius 3 is 2.45 bits per heavy atom. The van der Waals surface area contributed by atoms with Gasteiger partial charge in [-0.2, -0.15) is 0 Å². The maximum absolute atomic E-state index is 5.14. The van der Waals surface area contributed by atoms with E-state index in [4.69, 9.17) is 4.98 Å². The molecule has 0 unspecified atom stereocenters. The van der Waals surface area contributed by atoms with Gasteiger partial charge in [-0.05, 0) is 64.6 Å². The number of hydrogen-bond donors (Lipinski definition) is 0. The van der Waals surface area contributed by atoms with E-state index in [1.54, 1.807) is 11.3 Å². The third-order valence-electron chi connectivity index (χ3n) is 6.17. The minimum Gasteiger partial charge on any atom is -0.292 e. The summed E-state index contributed by atoms with van der Waals surface area (Å²) in [5.41, 5.74) is 6.13. The van der Waals surface area contributed by atoms with E-state index in [2.05, 4.69) is 116 Å². The van der Waals surface area contributed by atoms with Gasteiger partial charge in [0.2, 0.25) is 0 Å². The average molecular weight is 447 g/mol. The molecule has 0 radical (unpaired) electrons. The van der Waals surface area contributed by atoms with Crippen LogP contribution in [-0.2, 0) is 6.42 Å². The molecule has 0 saturated carbocycles.